The van der Waals surface area contributed by atoms with Gasteiger partial charge >= 0.3 is 5.97 Å². The van der Waals surface area contributed by atoms with Gasteiger partial charge in [-0.05, 0) is 85.0 Å². The number of amides is 1. The van der Waals surface area contributed by atoms with E-state index in [2.05, 4.69) is 70.9 Å². The number of aromatic nitrogens is 2. The van der Waals surface area contributed by atoms with Crippen molar-refractivity contribution in [2.75, 3.05) is 18.6 Å². The second-order valence-electron chi connectivity index (χ2n) is 13.4. The Hall–Kier alpha value is -5.47. The summed E-state index contributed by atoms with van der Waals surface area (Å²) in [6, 6.07) is 36.3. The summed E-state index contributed by atoms with van der Waals surface area (Å²) in [7, 11) is 0. The minimum atomic E-state index is -0.298. The van der Waals surface area contributed by atoms with Crippen molar-refractivity contribution in [1.82, 2.24) is 15.0 Å². The number of fused-ring (bicyclic) bond motifs is 3. The first kappa shape index (κ1) is 34.0. The molecule has 1 aliphatic rings. The van der Waals surface area contributed by atoms with Crippen molar-refractivity contribution in [3.8, 4) is 0 Å². The maximum Gasteiger partial charge on any atom is 0.306 e. The van der Waals surface area contributed by atoms with Crippen LogP contribution in [-0.2, 0) is 38.6 Å². The molecule has 0 spiro atoms. The summed E-state index contributed by atoms with van der Waals surface area (Å²) in [4.78, 5) is 31.5. The fourth-order valence-electron chi connectivity index (χ4n) is 7.42. The van der Waals surface area contributed by atoms with Gasteiger partial charge in [0.2, 0.25) is 5.91 Å². The highest BCUT2D eigenvalue weighted by molar-refractivity contribution is 6.08. The number of carbonyl (C=O) groups is 2. The quantitative estimate of drug-likeness (QED) is 0.100. The molecule has 1 fully saturated rings. The lowest BCUT2D eigenvalue weighted by Crippen LogP contribution is -2.38. The lowest BCUT2D eigenvalue weighted by atomic mass is 9.80. The van der Waals surface area contributed by atoms with Crippen LogP contribution in [0.4, 0.5) is 5.69 Å². The van der Waals surface area contributed by atoms with E-state index in [9.17, 15) is 9.59 Å². The number of pyridine rings is 1. The van der Waals surface area contributed by atoms with Crippen LogP contribution in [0.2, 0.25) is 0 Å². The molecule has 0 aliphatic carbocycles. The molecule has 8 nitrogen and oxygen atoms in total. The van der Waals surface area contributed by atoms with Crippen molar-refractivity contribution < 1.29 is 19.1 Å². The van der Waals surface area contributed by atoms with E-state index in [-0.39, 0.29) is 30.3 Å². The molecule has 2 aromatic heterocycles. The van der Waals surface area contributed by atoms with Crippen LogP contribution in [0.1, 0.15) is 58.7 Å². The Balaban J connectivity index is 1.12. The summed E-state index contributed by atoms with van der Waals surface area (Å²) < 4.78 is 13.5. The summed E-state index contributed by atoms with van der Waals surface area (Å²) in [5, 5.41) is 2.26. The molecule has 7 rings (SSSR count). The van der Waals surface area contributed by atoms with Gasteiger partial charge in [0, 0.05) is 42.6 Å². The second kappa shape index (κ2) is 15.6. The van der Waals surface area contributed by atoms with Crippen LogP contribution >= 0.6 is 0 Å². The van der Waals surface area contributed by atoms with Crippen LogP contribution in [0.15, 0.2) is 109 Å². The van der Waals surface area contributed by atoms with Crippen molar-refractivity contribution in [2.24, 2.45) is 5.92 Å². The molecule has 1 saturated heterocycles. The van der Waals surface area contributed by atoms with Gasteiger partial charge < -0.3 is 14.0 Å². The van der Waals surface area contributed by atoms with E-state index in [1.165, 1.54) is 0 Å². The Labute approximate surface area is 298 Å². The molecular weight excluding hydrogens is 636 g/mol. The van der Waals surface area contributed by atoms with Gasteiger partial charge in [0.05, 0.1) is 17.1 Å². The predicted molar refractivity (Wildman–Crippen MR) is 201 cm³/mol. The number of nitrogens with one attached hydrogen (secondary N) is 2. The number of nitrogens with zero attached hydrogens (tertiary/aromatic N) is 2. The summed E-state index contributed by atoms with van der Waals surface area (Å²) in [5.74, 6) is -0.369. The fourth-order valence-corrected chi connectivity index (χ4v) is 7.42. The highest BCUT2D eigenvalue weighted by Gasteiger charge is 2.31. The van der Waals surface area contributed by atoms with Crippen molar-refractivity contribution in [2.45, 2.75) is 58.6 Å². The van der Waals surface area contributed by atoms with Gasteiger partial charge in [0.1, 0.15) is 12.3 Å². The smallest absolute Gasteiger partial charge is 0.306 e. The standard InChI is InChI=1S/C43H44N4O4/c1-29-36(21-22-39(48)51-28-32-11-5-3-6-12-32)30(2)44-42-40(29)37-15-9-10-16-38(37)47(42)27-31-17-19-33(20-18-31)41(34-23-25-50-26-24-34)43(49)46-45-35-13-7-4-8-14-35/h3-20,34,41,45H,21-28H2,1-2H3,(H,46,49). The van der Waals surface area contributed by atoms with E-state index in [0.717, 1.165) is 74.0 Å². The molecule has 4 aromatic carbocycles. The van der Waals surface area contributed by atoms with E-state index in [4.69, 9.17) is 14.5 Å². The molecule has 1 unspecified atom stereocenters. The van der Waals surface area contributed by atoms with Crippen LogP contribution < -0.4 is 10.9 Å². The molecule has 6 aromatic rings. The lowest BCUT2D eigenvalue weighted by Gasteiger charge is -2.30. The average molecular weight is 681 g/mol. The van der Waals surface area contributed by atoms with Gasteiger partial charge in [0.25, 0.3) is 0 Å². The Kier molecular flexibility index (Phi) is 10.4. The topological polar surface area (TPSA) is 94.5 Å². The van der Waals surface area contributed by atoms with Gasteiger partial charge in [-0.25, -0.2) is 4.98 Å². The maximum absolute atomic E-state index is 13.7. The van der Waals surface area contributed by atoms with Crippen molar-refractivity contribution >= 4 is 39.5 Å². The van der Waals surface area contributed by atoms with Gasteiger partial charge in [0.15, 0.2) is 0 Å². The highest BCUT2D eigenvalue weighted by Crippen LogP contribution is 2.35. The first-order chi connectivity index (χ1) is 25.0. The lowest BCUT2D eigenvalue weighted by molar-refractivity contribution is -0.144. The molecule has 0 radical (unpaired) electrons. The molecule has 1 atom stereocenters. The van der Waals surface area contributed by atoms with Gasteiger partial charge in [-0.15, -0.1) is 0 Å². The molecule has 51 heavy (non-hydrogen) atoms. The van der Waals surface area contributed by atoms with Crippen LogP contribution in [-0.4, -0.2) is 34.6 Å². The molecule has 1 aliphatic heterocycles. The molecule has 260 valence electrons. The number of hydrogen-bond donors (Lipinski definition) is 2. The monoisotopic (exact) mass is 680 g/mol. The third kappa shape index (κ3) is 7.66. The third-order valence-corrected chi connectivity index (χ3v) is 10.1. The zero-order valence-electron chi connectivity index (χ0n) is 29.2. The zero-order valence-corrected chi connectivity index (χ0v) is 29.2. The normalized spacial score (nSPS) is 14.0. The van der Waals surface area contributed by atoms with E-state index >= 15 is 0 Å². The first-order valence-electron chi connectivity index (χ1n) is 17.8. The minimum Gasteiger partial charge on any atom is -0.461 e. The largest absolute Gasteiger partial charge is 0.461 e. The number of anilines is 1. The highest BCUT2D eigenvalue weighted by atomic mass is 16.5. The maximum atomic E-state index is 13.7. The number of esters is 1. The minimum absolute atomic E-state index is 0.0451. The number of ether oxygens (including phenoxy) is 2. The van der Waals surface area contributed by atoms with Crippen LogP contribution in [0.3, 0.4) is 0 Å². The Morgan fingerprint density at radius 2 is 1.55 bits per heavy atom. The Morgan fingerprint density at radius 1 is 0.863 bits per heavy atom. The zero-order chi connectivity index (χ0) is 35.2. The number of aryl methyl sites for hydroxylation is 2. The fraction of sp³-hybridized carbons (Fsp3) is 0.279. The molecular formula is C43H44N4O4. The van der Waals surface area contributed by atoms with Gasteiger partial charge in [-0.2, -0.15) is 0 Å². The van der Waals surface area contributed by atoms with Crippen molar-refractivity contribution in [1.29, 1.82) is 0 Å². The molecule has 8 heteroatoms. The molecule has 3 heterocycles. The van der Waals surface area contributed by atoms with E-state index in [1.54, 1.807) is 0 Å². The number of para-hydroxylation sites is 2. The molecule has 0 bridgehead atoms. The van der Waals surface area contributed by atoms with E-state index in [1.807, 2.05) is 67.6 Å². The third-order valence-electron chi connectivity index (χ3n) is 10.1. The van der Waals surface area contributed by atoms with E-state index in [0.29, 0.717) is 32.6 Å². The average Bonchev–Trinajstić information content (AvgIpc) is 3.47. The molecule has 0 saturated carbocycles. The van der Waals surface area contributed by atoms with Crippen LogP contribution in [0.25, 0.3) is 21.9 Å². The summed E-state index contributed by atoms with van der Waals surface area (Å²) in [6.07, 6.45) is 2.54. The van der Waals surface area contributed by atoms with Crippen molar-refractivity contribution in [3.05, 3.63) is 143 Å². The number of benzene rings is 4. The number of hydrogen-bond acceptors (Lipinski definition) is 6. The van der Waals surface area contributed by atoms with Crippen LogP contribution in [0.5, 0.6) is 0 Å². The Morgan fingerprint density at radius 3 is 2.29 bits per heavy atom. The number of carbonyl (C=O) groups excluding carboxylic acids is 2. The Bertz CT molecular complexity index is 2120. The van der Waals surface area contributed by atoms with Gasteiger partial charge in [-0.3, -0.25) is 20.4 Å². The summed E-state index contributed by atoms with van der Waals surface area (Å²) in [5.41, 5.74) is 15.2. The molecule has 1 amide bonds. The molecule has 2 N–H and O–H groups in total. The summed E-state index contributed by atoms with van der Waals surface area (Å²) >= 11 is 0. The van der Waals surface area contributed by atoms with Gasteiger partial charge in [-0.1, -0.05) is 91.0 Å². The predicted octanol–water partition coefficient (Wildman–Crippen LogP) is 8.18. The SMILES string of the molecule is Cc1nc2c(c(C)c1CCC(=O)OCc1ccccc1)c1ccccc1n2Cc1ccc(C(C(=O)NNc2ccccc2)C2CCOCC2)cc1. The first-order valence-corrected chi connectivity index (χ1v) is 17.8. The summed E-state index contributed by atoms with van der Waals surface area (Å²) in [6.45, 7) is 6.41. The number of hydrazine groups is 1. The van der Waals surface area contributed by atoms with E-state index < -0.39 is 0 Å². The number of rotatable bonds is 12. The second-order valence-corrected chi connectivity index (χ2v) is 13.4. The van der Waals surface area contributed by atoms with Crippen molar-refractivity contribution in [3.63, 3.8) is 0 Å². The van der Waals surface area contributed by atoms with Crippen LogP contribution in [0, 0.1) is 19.8 Å².